The van der Waals surface area contributed by atoms with E-state index in [1.165, 1.54) is 63.0 Å². The molecule has 0 saturated heterocycles. The van der Waals surface area contributed by atoms with E-state index in [9.17, 15) is 0 Å². The highest BCUT2D eigenvalue weighted by atomic mass is 32.1. The highest BCUT2D eigenvalue weighted by Crippen LogP contribution is 2.52. The summed E-state index contributed by atoms with van der Waals surface area (Å²) in [6, 6.07) is 57.1. The monoisotopic (exact) mass is 698 g/mol. The van der Waals surface area contributed by atoms with Gasteiger partial charge in [0.05, 0.1) is 0 Å². The van der Waals surface area contributed by atoms with Gasteiger partial charge < -0.3 is 9.47 Å². The van der Waals surface area contributed by atoms with Gasteiger partial charge in [-0.25, -0.2) is 0 Å². The smallest absolute Gasteiger partial charge is 0.136 e. The van der Waals surface area contributed by atoms with Crippen molar-refractivity contribution in [2.75, 3.05) is 0 Å². The van der Waals surface area contributed by atoms with Gasteiger partial charge in [-0.3, -0.25) is 0 Å². The molecule has 52 heavy (non-hydrogen) atoms. The Labute approximate surface area is 307 Å². The molecule has 0 radical (unpaired) electrons. The molecule has 2 aliphatic heterocycles. The molecule has 0 aliphatic carbocycles. The molecule has 0 bridgehead atoms. The fraction of sp³-hybridized carbons (Fsp3) is 0. The second kappa shape index (κ2) is 10.7. The summed E-state index contributed by atoms with van der Waals surface area (Å²) in [5.74, 6) is 3.54. The molecule has 0 saturated carbocycles. The summed E-state index contributed by atoms with van der Waals surface area (Å²) < 4.78 is 16.2. The van der Waals surface area contributed by atoms with Gasteiger partial charge in [0.1, 0.15) is 23.0 Å². The van der Waals surface area contributed by atoms with Crippen molar-refractivity contribution in [3.8, 4) is 77.3 Å². The lowest BCUT2D eigenvalue weighted by Crippen LogP contribution is -1.99. The summed E-state index contributed by atoms with van der Waals surface area (Å²) in [4.78, 5) is 2.49. The number of thiophene rings is 2. The third-order valence-corrected chi connectivity index (χ3v) is 12.9. The molecule has 0 spiro atoms. The van der Waals surface area contributed by atoms with Gasteiger partial charge in [-0.2, -0.15) is 0 Å². The van der Waals surface area contributed by atoms with E-state index in [-0.39, 0.29) is 0 Å². The number of ether oxygens (including phenoxy) is 2. The van der Waals surface area contributed by atoms with E-state index in [2.05, 4.69) is 158 Å². The Bertz CT molecular complexity index is 2870. The third-order valence-electron chi connectivity index (χ3n) is 10.6. The molecular formula is C48H26O2S2. The second-order valence-electron chi connectivity index (χ2n) is 13.7. The van der Waals surface area contributed by atoms with E-state index in [4.69, 9.17) is 9.47 Å². The van der Waals surface area contributed by atoms with Crippen LogP contribution in [0, 0.1) is 0 Å². The van der Waals surface area contributed by atoms with Crippen molar-refractivity contribution >= 4 is 64.4 Å². The van der Waals surface area contributed by atoms with Gasteiger partial charge in [0.25, 0.3) is 0 Å². The van der Waals surface area contributed by atoms with Gasteiger partial charge in [0.2, 0.25) is 0 Å². The molecule has 0 N–H and O–H groups in total. The minimum atomic E-state index is 0.868. The van der Waals surface area contributed by atoms with Crippen LogP contribution in [0.15, 0.2) is 158 Å². The number of fused-ring (bicyclic) bond motifs is 6. The minimum Gasteiger partial charge on any atom is -0.456 e. The molecule has 0 unspecified atom stereocenters. The summed E-state index contributed by atoms with van der Waals surface area (Å²) in [6.07, 6.45) is 0. The molecular weight excluding hydrogens is 673 g/mol. The van der Waals surface area contributed by atoms with Gasteiger partial charge in [0.15, 0.2) is 0 Å². The van der Waals surface area contributed by atoms with Gasteiger partial charge in [-0.05, 0) is 128 Å². The van der Waals surface area contributed by atoms with E-state index < -0.39 is 0 Å². The largest absolute Gasteiger partial charge is 0.456 e. The average molecular weight is 699 g/mol. The molecule has 2 nitrogen and oxygen atoms in total. The first-order valence-corrected chi connectivity index (χ1v) is 19.1. The summed E-state index contributed by atoms with van der Waals surface area (Å²) in [5, 5.41) is 7.25. The topological polar surface area (TPSA) is 18.5 Å². The number of benzene rings is 8. The first kappa shape index (κ1) is 28.5. The zero-order chi connectivity index (χ0) is 33.9. The standard InChI is InChI=1S/C48H26O2S2/c1-3-13-43-29(7-1)25-45(51-43)33-19-31-9-5-11-37-35-17-15-27(21-39(35)49-41(23-33)47(31)37)28-16-18-36-38-12-6-10-32-20-34(24-42(48(32)38)50-40(36)22-28)46-26-30-8-2-4-14-44(30)52-46/h1-26H. The van der Waals surface area contributed by atoms with Crippen LogP contribution in [0.25, 0.3) is 96.0 Å². The van der Waals surface area contributed by atoms with Crippen molar-refractivity contribution in [3.05, 3.63) is 158 Å². The van der Waals surface area contributed by atoms with E-state index in [1.807, 2.05) is 22.7 Å². The molecule has 8 aromatic carbocycles. The van der Waals surface area contributed by atoms with Gasteiger partial charge in [-0.1, -0.05) is 84.9 Å². The predicted octanol–water partition coefficient (Wildman–Crippen LogP) is 15.0. The highest BCUT2D eigenvalue weighted by molar-refractivity contribution is 7.22. The number of hydrogen-bond acceptors (Lipinski definition) is 4. The van der Waals surface area contributed by atoms with Gasteiger partial charge in [-0.15, -0.1) is 22.7 Å². The lowest BCUT2D eigenvalue weighted by Gasteiger charge is -2.24. The third kappa shape index (κ3) is 4.23. The van der Waals surface area contributed by atoms with Crippen LogP contribution in [0.2, 0.25) is 0 Å². The number of hydrogen-bond donors (Lipinski definition) is 0. The Morgan fingerprint density at radius 3 is 1.23 bits per heavy atom. The lowest BCUT2D eigenvalue weighted by molar-refractivity contribution is 0.486. The SMILES string of the molecule is c1ccc2sc(-c3cc4c5c(cccc5c3)-c3ccc(-c5ccc6c(c5)Oc5cc(-c7cc8ccccc8s7)cc7cccc-6c57)cc3O4)cc2c1. The molecule has 2 aromatic heterocycles. The molecule has 2 aliphatic rings. The van der Waals surface area contributed by atoms with Crippen LogP contribution >= 0.6 is 22.7 Å². The molecule has 4 heteroatoms. The first-order chi connectivity index (χ1) is 25.7. The normalized spacial score (nSPS) is 12.5. The molecule has 0 amide bonds. The van der Waals surface area contributed by atoms with Crippen LogP contribution in [0.1, 0.15) is 0 Å². The van der Waals surface area contributed by atoms with E-state index in [1.54, 1.807) is 0 Å². The molecule has 4 heterocycles. The van der Waals surface area contributed by atoms with Crippen molar-refractivity contribution in [1.29, 1.82) is 0 Å². The fourth-order valence-corrected chi connectivity index (χ4v) is 10.3. The maximum absolute atomic E-state index is 6.80. The minimum absolute atomic E-state index is 0.868. The second-order valence-corrected chi connectivity index (χ2v) is 15.8. The van der Waals surface area contributed by atoms with Crippen LogP contribution in [-0.4, -0.2) is 0 Å². The predicted molar refractivity (Wildman–Crippen MR) is 220 cm³/mol. The van der Waals surface area contributed by atoms with Crippen molar-refractivity contribution in [2.24, 2.45) is 0 Å². The van der Waals surface area contributed by atoms with E-state index in [0.29, 0.717) is 0 Å². The van der Waals surface area contributed by atoms with Crippen molar-refractivity contribution in [3.63, 3.8) is 0 Å². The van der Waals surface area contributed by atoms with E-state index in [0.717, 1.165) is 56.0 Å². The Morgan fingerprint density at radius 2 is 0.750 bits per heavy atom. The zero-order valence-electron chi connectivity index (χ0n) is 27.6. The summed E-state index contributed by atoms with van der Waals surface area (Å²) in [6.45, 7) is 0. The fourth-order valence-electron chi connectivity index (χ4n) is 8.17. The Balaban J connectivity index is 0.936. The maximum Gasteiger partial charge on any atom is 0.136 e. The van der Waals surface area contributed by atoms with Crippen LogP contribution < -0.4 is 9.47 Å². The van der Waals surface area contributed by atoms with Crippen molar-refractivity contribution in [1.82, 2.24) is 0 Å². The highest BCUT2D eigenvalue weighted by Gasteiger charge is 2.24. The van der Waals surface area contributed by atoms with Crippen LogP contribution in [0.4, 0.5) is 0 Å². The molecule has 10 aromatic rings. The molecule has 12 rings (SSSR count). The molecule has 242 valence electrons. The van der Waals surface area contributed by atoms with E-state index >= 15 is 0 Å². The maximum atomic E-state index is 6.80. The zero-order valence-corrected chi connectivity index (χ0v) is 29.3. The van der Waals surface area contributed by atoms with Crippen molar-refractivity contribution in [2.45, 2.75) is 0 Å². The van der Waals surface area contributed by atoms with Gasteiger partial charge >= 0.3 is 0 Å². The molecule has 0 fully saturated rings. The van der Waals surface area contributed by atoms with Crippen molar-refractivity contribution < 1.29 is 9.47 Å². The Kier molecular flexibility index (Phi) is 5.84. The average Bonchev–Trinajstić information content (AvgIpc) is 3.83. The summed E-state index contributed by atoms with van der Waals surface area (Å²) in [7, 11) is 0. The van der Waals surface area contributed by atoms with Gasteiger partial charge in [0, 0.05) is 41.1 Å². The van der Waals surface area contributed by atoms with Crippen LogP contribution in [-0.2, 0) is 0 Å². The first-order valence-electron chi connectivity index (χ1n) is 17.5. The Morgan fingerprint density at radius 1 is 0.308 bits per heavy atom. The summed E-state index contributed by atoms with van der Waals surface area (Å²) in [5.41, 5.74) is 9.16. The Hall–Kier alpha value is -6.20. The molecule has 0 atom stereocenters. The lowest BCUT2D eigenvalue weighted by atomic mass is 9.90. The van der Waals surface area contributed by atoms with Crippen LogP contribution in [0.3, 0.4) is 0 Å². The van der Waals surface area contributed by atoms with Crippen LogP contribution in [0.5, 0.6) is 23.0 Å². The summed E-state index contributed by atoms with van der Waals surface area (Å²) >= 11 is 3.65. The number of rotatable bonds is 3. The quantitative estimate of drug-likeness (QED) is 0.183.